The molecule has 1 N–H and O–H groups in total. The van der Waals surface area contributed by atoms with Crippen LogP contribution in [-0.4, -0.2) is 52.2 Å². The van der Waals surface area contributed by atoms with Crippen LogP contribution >= 0.6 is 23.1 Å². The topological polar surface area (TPSA) is 95.3 Å². The summed E-state index contributed by atoms with van der Waals surface area (Å²) in [5.41, 5.74) is 0.390. The molecule has 0 aliphatic carbocycles. The SMILES string of the molecule is CCc1cc(C(=O)OC)c(NC(=O)CSc2nnc(C(C)C)n2CC2CCCO2)s1. The molecule has 2 aromatic heterocycles. The van der Waals surface area contributed by atoms with Gasteiger partial charge in [0.25, 0.3) is 0 Å². The minimum Gasteiger partial charge on any atom is -0.465 e. The third-order valence-electron chi connectivity index (χ3n) is 4.79. The van der Waals surface area contributed by atoms with Crippen molar-refractivity contribution in [3.63, 3.8) is 0 Å². The number of esters is 1. The maximum Gasteiger partial charge on any atom is 0.340 e. The largest absolute Gasteiger partial charge is 0.465 e. The summed E-state index contributed by atoms with van der Waals surface area (Å²) in [7, 11) is 1.33. The van der Waals surface area contributed by atoms with Gasteiger partial charge in [0.2, 0.25) is 5.91 Å². The highest BCUT2D eigenvalue weighted by atomic mass is 32.2. The maximum absolute atomic E-state index is 12.6. The van der Waals surface area contributed by atoms with Crippen LogP contribution in [0.15, 0.2) is 11.2 Å². The van der Waals surface area contributed by atoms with Crippen molar-refractivity contribution < 1.29 is 19.1 Å². The van der Waals surface area contributed by atoms with Gasteiger partial charge in [-0.05, 0) is 25.3 Å². The molecule has 10 heteroatoms. The highest BCUT2D eigenvalue weighted by Crippen LogP contribution is 2.30. The van der Waals surface area contributed by atoms with Gasteiger partial charge in [-0.15, -0.1) is 21.5 Å². The predicted molar refractivity (Wildman–Crippen MR) is 117 cm³/mol. The molecule has 3 rings (SSSR count). The number of carbonyl (C=O) groups is 2. The number of hydrogen-bond donors (Lipinski definition) is 1. The van der Waals surface area contributed by atoms with E-state index in [1.807, 2.05) is 6.92 Å². The lowest BCUT2D eigenvalue weighted by atomic mass is 10.2. The minimum atomic E-state index is -0.452. The molecular weight excluding hydrogens is 424 g/mol. The van der Waals surface area contributed by atoms with Crippen LogP contribution in [0.25, 0.3) is 0 Å². The van der Waals surface area contributed by atoms with E-state index in [4.69, 9.17) is 9.47 Å². The Kier molecular flexibility index (Phi) is 7.90. The molecule has 1 aliphatic rings. The molecule has 2 aromatic rings. The zero-order valence-electron chi connectivity index (χ0n) is 17.8. The first-order valence-electron chi connectivity index (χ1n) is 10.1. The molecule has 1 saturated heterocycles. The molecule has 1 fully saturated rings. The fourth-order valence-electron chi connectivity index (χ4n) is 3.26. The van der Waals surface area contributed by atoms with Crippen molar-refractivity contribution >= 4 is 40.0 Å². The van der Waals surface area contributed by atoms with Crippen LogP contribution < -0.4 is 5.32 Å². The summed E-state index contributed by atoms with van der Waals surface area (Å²) in [6, 6.07) is 1.77. The van der Waals surface area contributed by atoms with Gasteiger partial charge in [0, 0.05) is 17.4 Å². The third-order valence-corrected chi connectivity index (χ3v) is 6.96. The molecule has 0 spiro atoms. The first kappa shape index (κ1) is 22.8. The third kappa shape index (κ3) is 5.41. The first-order chi connectivity index (χ1) is 14.4. The van der Waals surface area contributed by atoms with Crippen LogP contribution in [-0.2, 0) is 27.2 Å². The van der Waals surface area contributed by atoms with Crippen molar-refractivity contribution in [2.75, 3.05) is 24.8 Å². The van der Waals surface area contributed by atoms with E-state index in [2.05, 4.69) is 33.9 Å². The number of nitrogens with zero attached hydrogens (tertiary/aromatic N) is 3. The Labute approximate surface area is 184 Å². The molecule has 1 atom stereocenters. The van der Waals surface area contributed by atoms with Crippen molar-refractivity contribution in [1.29, 1.82) is 0 Å². The molecule has 3 heterocycles. The van der Waals surface area contributed by atoms with Gasteiger partial charge >= 0.3 is 5.97 Å². The molecule has 0 saturated carbocycles. The molecule has 8 nitrogen and oxygen atoms in total. The smallest absolute Gasteiger partial charge is 0.340 e. The highest BCUT2D eigenvalue weighted by molar-refractivity contribution is 7.99. The second-order valence-electron chi connectivity index (χ2n) is 7.38. The molecule has 164 valence electrons. The summed E-state index contributed by atoms with van der Waals surface area (Å²) in [6.45, 7) is 7.64. The number of aryl methyl sites for hydroxylation is 1. The van der Waals surface area contributed by atoms with E-state index in [1.54, 1.807) is 6.07 Å². The Morgan fingerprint density at radius 3 is 2.87 bits per heavy atom. The summed E-state index contributed by atoms with van der Waals surface area (Å²) in [6.07, 6.45) is 3.03. The average Bonchev–Trinajstić information content (AvgIpc) is 3.46. The second-order valence-corrected chi connectivity index (χ2v) is 9.46. The second kappa shape index (κ2) is 10.4. The average molecular weight is 453 g/mol. The number of amides is 1. The lowest BCUT2D eigenvalue weighted by Crippen LogP contribution is -2.19. The number of ether oxygens (including phenoxy) is 2. The Morgan fingerprint density at radius 2 is 2.23 bits per heavy atom. The standard InChI is InChI=1S/C20H28N4O4S2/c1-5-14-9-15(19(26)27-4)18(30-14)21-16(25)11-29-20-23-22-17(12(2)3)24(20)10-13-7-6-8-28-13/h9,12-13H,5-8,10-11H2,1-4H3,(H,21,25). The molecular formula is C20H28N4O4S2. The van der Waals surface area contributed by atoms with Crippen LogP contribution in [0.4, 0.5) is 5.00 Å². The Hall–Kier alpha value is -1.91. The van der Waals surface area contributed by atoms with Crippen LogP contribution in [0.2, 0.25) is 0 Å². The minimum absolute atomic E-state index is 0.160. The van der Waals surface area contributed by atoms with E-state index in [1.165, 1.54) is 30.2 Å². The quantitative estimate of drug-likeness (QED) is 0.458. The van der Waals surface area contributed by atoms with Gasteiger partial charge in [0.15, 0.2) is 5.16 Å². The van der Waals surface area contributed by atoms with Gasteiger partial charge in [0.05, 0.1) is 31.1 Å². The van der Waals surface area contributed by atoms with Crippen molar-refractivity contribution in [3.8, 4) is 0 Å². The van der Waals surface area contributed by atoms with Gasteiger partial charge < -0.3 is 19.4 Å². The van der Waals surface area contributed by atoms with Crippen LogP contribution in [0.1, 0.15) is 60.6 Å². The normalized spacial score (nSPS) is 16.2. The highest BCUT2D eigenvalue weighted by Gasteiger charge is 2.23. The lowest BCUT2D eigenvalue weighted by molar-refractivity contribution is -0.113. The molecule has 0 aromatic carbocycles. The zero-order valence-corrected chi connectivity index (χ0v) is 19.4. The fourth-order valence-corrected chi connectivity index (χ4v) is 5.02. The van der Waals surface area contributed by atoms with Gasteiger partial charge in [0.1, 0.15) is 10.8 Å². The van der Waals surface area contributed by atoms with E-state index >= 15 is 0 Å². The molecule has 1 unspecified atom stereocenters. The maximum atomic E-state index is 12.6. The number of rotatable bonds is 9. The number of thiophene rings is 1. The first-order valence-corrected chi connectivity index (χ1v) is 11.9. The molecule has 30 heavy (non-hydrogen) atoms. The number of anilines is 1. The fraction of sp³-hybridized carbons (Fsp3) is 0.600. The van der Waals surface area contributed by atoms with Crippen LogP contribution in [0.3, 0.4) is 0 Å². The molecule has 1 amide bonds. The summed E-state index contributed by atoms with van der Waals surface area (Å²) in [5.74, 6) is 0.636. The van der Waals surface area contributed by atoms with Crippen LogP contribution in [0.5, 0.6) is 0 Å². The Balaban J connectivity index is 1.67. The summed E-state index contributed by atoms with van der Waals surface area (Å²) >= 11 is 2.73. The monoisotopic (exact) mass is 452 g/mol. The number of aromatic nitrogens is 3. The lowest BCUT2D eigenvalue weighted by Gasteiger charge is -2.15. The van der Waals surface area contributed by atoms with Gasteiger partial charge in [-0.2, -0.15) is 0 Å². The summed E-state index contributed by atoms with van der Waals surface area (Å²) in [5, 5.41) is 12.7. The zero-order chi connectivity index (χ0) is 21.7. The van der Waals surface area contributed by atoms with E-state index in [0.717, 1.165) is 36.6 Å². The summed E-state index contributed by atoms with van der Waals surface area (Å²) in [4.78, 5) is 25.6. The van der Waals surface area contributed by atoms with Gasteiger partial charge in [-0.1, -0.05) is 32.5 Å². The Bertz CT molecular complexity index is 887. The van der Waals surface area contributed by atoms with Crippen LogP contribution in [0, 0.1) is 0 Å². The van der Waals surface area contributed by atoms with E-state index in [-0.39, 0.29) is 23.7 Å². The number of thioether (sulfide) groups is 1. The number of nitrogens with one attached hydrogen (secondary N) is 1. The number of carbonyl (C=O) groups excluding carboxylic acids is 2. The van der Waals surface area contributed by atoms with Crippen molar-refractivity contribution in [3.05, 3.63) is 22.3 Å². The van der Waals surface area contributed by atoms with E-state index in [0.29, 0.717) is 22.3 Å². The molecule has 1 aliphatic heterocycles. The van der Waals surface area contributed by atoms with Gasteiger partial charge in [-0.3, -0.25) is 4.79 Å². The molecule has 0 bridgehead atoms. The van der Waals surface area contributed by atoms with Crippen molar-refractivity contribution in [1.82, 2.24) is 14.8 Å². The number of hydrogen-bond acceptors (Lipinski definition) is 8. The van der Waals surface area contributed by atoms with E-state index in [9.17, 15) is 9.59 Å². The van der Waals surface area contributed by atoms with E-state index < -0.39 is 5.97 Å². The summed E-state index contributed by atoms with van der Waals surface area (Å²) < 4.78 is 12.7. The molecule has 0 radical (unpaired) electrons. The van der Waals surface area contributed by atoms with Crippen molar-refractivity contribution in [2.45, 2.75) is 63.8 Å². The van der Waals surface area contributed by atoms with Crippen molar-refractivity contribution in [2.24, 2.45) is 0 Å². The predicted octanol–water partition coefficient (Wildman–Crippen LogP) is 3.72. The Morgan fingerprint density at radius 1 is 1.43 bits per heavy atom. The van der Waals surface area contributed by atoms with Gasteiger partial charge in [-0.25, -0.2) is 4.79 Å². The number of methoxy groups -OCH3 is 1.